The van der Waals surface area contributed by atoms with Crippen LogP contribution in [0.1, 0.15) is 47.7 Å². The quantitative estimate of drug-likeness (QED) is 0.313. The van der Waals surface area contributed by atoms with Gasteiger partial charge in [-0.1, -0.05) is 31.2 Å². The SMILES string of the molecule is CC[C@@H](CO)NC(=O)c1ccc(-c2cc(NC(=O)C3(c4ccc(O)c(O)c4)CC3)ccc2C)cc1. The van der Waals surface area contributed by atoms with Crippen molar-refractivity contribution in [3.05, 3.63) is 77.4 Å². The van der Waals surface area contributed by atoms with E-state index in [4.69, 9.17) is 0 Å². The Labute approximate surface area is 204 Å². The molecule has 3 aromatic carbocycles. The van der Waals surface area contributed by atoms with Gasteiger partial charge in [-0.15, -0.1) is 0 Å². The van der Waals surface area contributed by atoms with Crippen molar-refractivity contribution in [3.63, 3.8) is 0 Å². The molecule has 1 fully saturated rings. The van der Waals surface area contributed by atoms with Gasteiger partial charge in [0.25, 0.3) is 5.91 Å². The van der Waals surface area contributed by atoms with Crippen LogP contribution in [0.25, 0.3) is 11.1 Å². The van der Waals surface area contributed by atoms with Crippen molar-refractivity contribution in [2.75, 3.05) is 11.9 Å². The number of rotatable bonds is 8. The second kappa shape index (κ2) is 9.80. The molecule has 35 heavy (non-hydrogen) atoms. The summed E-state index contributed by atoms with van der Waals surface area (Å²) in [6, 6.07) is 17.2. The van der Waals surface area contributed by atoms with Crippen molar-refractivity contribution in [2.24, 2.45) is 0 Å². The summed E-state index contributed by atoms with van der Waals surface area (Å²) in [4.78, 5) is 25.6. The number of anilines is 1. The average molecular weight is 475 g/mol. The van der Waals surface area contributed by atoms with Crippen LogP contribution in [0.4, 0.5) is 5.69 Å². The summed E-state index contributed by atoms with van der Waals surface area (Å²) in [5.41, 5.74) is 4.00. The Balaban J connectivity index is 1.52. The van der Waals surface area contributed by atoms with Gasteiger partial charge in [-0.2, -0.15) is 0 Å². The first-order valence-electron chi connectivity index (χ1n) is 11.7. The highest BCUT2D eigenvalue weighted by Crippen LogP contribution is 2.50. The lowest BCUT2D eigenvalue weighted by Gasteiger charge is -2.17. The zero-order valence-electron chi connectivity index (χ0n) is 19.8. The fourth-order valence-corrected chi connectivity index (χ4v) is 4.20. The van der Waals surface area contributed by atoms with Crippen LogP contribution in [0.15, 0.2) is 60.7 Å². The van der Waals surface area contributed by atoms with E-state index in [2.05, 4.69) is 10.6 Å². The zero-order chi connectivity index (χ0) is 25.2. The van der Waals surface area contributed by atoms with Gasteiger partial charge in [0, 0.05) is 11.3 Å². The molecule has 4 rings (SSSR count). The zero-order valence-corrected chi connectivity index (χ0v) is 19.8. The van der Waals surface area contributed by atoms with Crippen LogP contribution in [0.2, 0.25) is 0 Å². The summed E-state index contributed by atoms with van der Waals surface area (Å²) < 4.78 is 0. The number of benzene rings is 3. The third-order valence-electron chi connectivity index (χ3n) is 6.71. The number of aliphatic hydroxyl groups excluding tert-OH is 1. The molecule has 1 aliphatic rings. The largest absolute Gasteiger partial charge is 0.504 e. The van der Waals surface area contributed by atoms with Gasteiger partial charge in [-0.05, 0) is 84.8 Å². The van der Waals surface area contributed by atoms with Crippen molar-refractivity contribution >= 4 is 17.5 Å². The molecular weight excluding hydrogens is 444 g/mol. The van der Waals surface area contributed by atoms with Crippen molar-refractivity contribution in [1.29, 1.82) is 0 Å². The van der Waals surface area contributed by atoms with Crippen LogP contribution in [-0.4, -0.2) is 39.8 Å². The minimum Gasteiger partial charge on any atom is -0.504 e. The number of aliphatic hydroxyl groups is 1. The number of amides is 2. The summed E-state index contributed by atoms with van der Waals surface area (Å²) in [6.45, 7) is 3.78. The van der Waals surface area contributed by atoms with Gasteiger partial charge in [0.2, 0.25) is 5.91 Å². The topological polar surface area (TPSA) is 119 Å². The maximum Gasteiger partial charge on any atom is 0.251 e. The molecule has 7 nitrogen and oxygen atoms in total. The van der Waals surface area contributed by atoms with Gasteiger partial charge >= 0.3 is 0 Å². The molecule has 1 saturated carbocycles. The number of aromatic hydroxyl groups is 2. The van der Waals surface area contributed by atoms with Gasteiger partial charge in [0.15, 0.2) is 11.5 Å². The number of nitrogens with one attached hydrogen (secondary N) is 2. The van der Waals surface area contributed by atoms with E-state index in [1.807, 2.05) is 44.2 Å². The van der Waals surface area contributed by atoms with Gasteiger partial charge in [0.1, 0.15) is 0 Å². The molecular formula is C28H30N2O5. The van der Waals surface area contributed by atoms with Crippen molar-refractivity contribution in [1.82, 2.24) is 5.32 Å². The van der Waals surface area contributed by atoms with Crippen molar-refractivity contribution in [2.45, 2.75) is 44.6 Å². The molecule has 5 N–H and O–H groups in total. The number of carbonyl (C=O) groups excluding carboxylic acids is 2. The number of carbonyl (C=O) groups is 2. The van der Waals surface area contributed by atoms with E-state index in [0.29, 0.717) is 36.1 Å². The Kier molecular flexibility index (Phi) is 6.80. The predicted molar refractivity (Wildman–Crippen MR) is 135 cm³/mol. The molecule has 1 atom stereocenters. The molecule has 0 heterocycles. The molecule has 0 aromatic heterocycles. The lowest BCUT2D eigenvalue weighted by Crippen LogP contribution is -2.36. The van der Waals surface area contributed by atoms with E-state index >= 15 is 0 Å². The number of phenols is 2. The standard InChI is InChI=1S/C28H30N2O5/c1-3-21(16-31)29-26(34)19-7-5-18(6-8-19)23-15-22(10-4-17(23)2)30-27(35)28(12-13-28)20-9-11-24(32)25(33)14-20/h4-11,14-15,21,31-33H,3,12-13,16H2,1-2H3,(H,29,34)(H,30,35)/t21-/m0/s1. The van der Waals surface area contributed by atoms with E-state index < -0.39 is 5.41 Å². The third kappa shape index (κ3) is 5.00. The van der Waals surface area contributed by atoms with Crippen LogP contribution >= 0.6 is 0 Å². The molecule has 182 valence electrons. The Hall–Kier alpha value is -3.84. The highest BCUT2D eigenvalue weighted by Gasteiger charge is 2.51. The van der Waals surface area contributed by atoms with Crippen molar-refractivity contribution < 1.29 is 24.9 Å². The molecule has 0 spiro atoms. The van der Waals surface area contributed by atoms with Crippen LogP contribution in [0.5, 0.6) is 11.5 Å². The van der Waals surface area contributed by atoms with Crippen molar-refractivity contribution in [3.8, 4) is 22.6 Å². The Morgan fingerprint density at radius 3 is 2.29 bits per heavy atom. The Morgan fingerprint density at radius 2 is 1.69 bits per heavy atom. The highest BCUT2D eigenvalue weighted by atomic mass is 16.3. The molecule has 2 amide bonds. The lowest BCUT2D eigenvalue weighted by molar-refractivity contribution is -0.118. The molecule has 0 aliphatic heterocycles. The summed E-state index contributed by atoms with van der Waals surface area (Å²) >= 11 is 0. The van der Waals surface area contributed by atoms with Crippen LogP contribution in [-0.2, 0) is 10.2 Å². The van der Waals surface area contributed by atoms with Gasteiger partial charge < -0.3 is 26.0 Å². The summed E-state index contributed by atoms with van der Waals surface area (Å²) in [7, 11) is 0. The molecule has 0 saturated heterocycles. The summed E-state index contributed by atoms with van der Waals surface area (Å²) in [6.07, 6.45) is 1.98. The monoisotopic (exact) mass is 474 g/mol. The van der Waals surface area contributed by atoms with Gasteiger partial charge in [-0.3, -0.25) is 9.59 Å². The molecule has 0 radical (unpaired) electrons. The second-order valence-electron chi connectivity index (χ2n) is 9.11. The van der Waals surface area contributed by atoms with E-state index in [0.717, 1.165) is 16.7 Å². The van der Waals surface area contributed by atoms with E-state index in [-0.39, 0.29) is 36.0 Å². The first-order chi connectivity index (χ1) is 16.8. The van der Waals surface area contributed by atoms with Crippen LogP contribution in [0.3, 0.4) is 0 Å². The second-order valence-corrected chi connectivity index (χ2v) is 9.11. The fourth-order valence-electron chi connectivity index (χ4n) is 4.20. The Bertz CT molecular complexity index is 1240. The fraction of sp³-hybridized carbons (Fsp3) is 0.286. The van der Waals surface area contributed by atoms with E-state index in [9.17, 15) is 24.9 Å². The van der Waals surface area contributed by atoms with E-state index in [1.165, 1.54) is 12.1 Å². The van der Waals surface area contributed by atoms with Crippen LogP contribution < -0.4 is 10.6 Å². The first kappa shape index (κ1) is 24.3. The van der Waals surface area contributed by atoms with E-state index in [1.54, 1.807) is 18.2 Å². The molecule has 0 bridgehead atoms. The smallest absolute Gasteiger partial charge is 0.251 e. The Morgan fingerprint density at radius 1 is 0.971 bits per heavy atom. The maximum atomic E-state index is 13.2. The number of hydrogen-bond donors (Lipinski definition) is 5. The average Bonchev–Trinajstić information content (AvgIpc) is 3.67. The minimum atomic E-state index is -0.712. The highest BCUT2D eigenvalue weighted by molar-refractivity contribution is 6.02. The number of aryl methyl sites for hydroxylation is 1. The number of hydrogen-bond acceptors (Lipinski definition) is 5. The molecule has 0 unspecified atom stereocenters. The number of phenolic OH excluding ortho intramolecular Hbond substituents is 2. The summed E-state index contributed by atoms with van der Waals surface area (Å²) in [5.74, 6) is -0.836. The minimum absolute atomic E-state index is 0.104. The maximum absolute atomic E-state index is 13.2. The van der Waals surface area contributed by atoms with Gasteiger partial charge in [-0.25, -0.2) is 0 Å². The lowest BCUT2D eigenvalue weighted by atomic mass is 9.94. The van der Waals surface area contributed by atoms with Gasteiger partial charge in [0.05, 0.1) is 18.1 Å². The summed E-state index contributed by atoms with van der Waals surface area (Å²) in [5, 5.41) is 34.6. The first-order valence-corrected chi connectivity index (χ1v) is 11.7. The van der Waals surface area contributed by atoms with Crippen LogP contribution in [0, 0.1) is 6.92 Å². The molecule has 3 aromatic rings. The molecule has 7 heteroatoms. The third-order valence-corrected chi connectivity index (χ3v) is 6.71. The predicted octanol–water partition coefficient (Wildman–Crippen LogP) is 4.24. The molecule has 1 aliphatic carbocycles. The normalized spacial score (nSPS) is 14.7.